The Morgan fingerprint density at radius 3 is 2.54 bits per heavy atom. The van der Waals surface area contributed by atoms with Gasteiger partial charge >= 0.3 is 0 Å². The predicted molar refractivity (Wildman–Crippen MR) is 98.5 cm³/mol. The largest absolute Gasteiger partial charge is 0.497 e. The van der Waals surface area contributed by atoms with E-state index in [1.165, 1.54) is 33.3 Å². The van der Waals surface area contributed by atoms with E-state index in [0.717, 1.165) is 17.7 Å². The van der Waals surface area contributed by atoms with Crippen molar-refractivity contribution in [2.24, 2.45) is 0 Å². The van der Waals surface area contributed by atoms with Crippen LogP contribution in [0.4, 0.5) is 11.4 Å². The molecule has 1 aliphatic heterocycles. The minimum atomic E-state index is -3.87. The average molecular weight is 376 g/mol. The van der Waals surface area contributed by atoms with Gasteiger partial charge in [0.15, 0.2) is 0 Å². The molecule has 2 aromatic rings. The quantitative estimate of drug-likeness (QED) is 0.866. The molecule has 0 spiro atoms. The molecular formula is C18H20N2O5S. The second kappa shape index (κ2) is 6.87. The molecular weight excluding hydrogens is 356 g/mol. The van der Waals surface area contributed by atoms with Crippen molar-refractivity contribution in [1.82, 2.24) is 0 Å². The maximum absolute atomic E-state index is 12.8. The van der Waals surface area contributed by atoms with E-state index in [2.05, 4.69) is 4.72 Å². The highest BCUT2D eigenvalue weighted by atomic mass is 32.2. The van der Waals surface area contributed by atoms with Crippen molar-refractivity contribution in [2.45, 2.75) is 18.2 Å². The number of nitrogens with zero attached hydrogens (tertiary/aromatic N) is 1. The van der Waals surface area contributed by atoms with Gasteiger partial charge in [-0.1, -0.05) is 6.07 Å². The molecule has 0 saturated carbocycles. The number of ether oxygens (including phenoxy) is 2. The maximum atomic E-state index is 12.8. The molecule has 7 nitrogen and oxygen atoms in total. The van der Waals surface area contributed by atoms with Gasteiger partial charge in [0.05, 0.1) is 19.9 Å². The lowest BCUT2D eigenvalue weighted by Crippen LogP contribution is -2.25. The third-order valence-corrected chi connectivity index (χ3v) is 5.69. The Morgan fingerprint density at radius 2 is 1.88 bits per heavy atom. The second-order valence-electron chi connectivity index (χ2n) is 5.89. The van der Waals surface area contributed by atoms with Crippen LogP contribution in [0.3, 0.4) is 0 Å². The molecule has 3 rings (SSSR count). The SMILES string of the molecule is COc1ccc(S(=O)(=O)Nc2ccc3c(c2)N(C(C)=O)CC3)c(OC)c1. The van der Waals surface area contributed by atoms with Crippen molar-refractivity contribution < 1.29 is 22.7 Å². The van der Waals surface area contributed by atoms with Gasteiger partial charge in [-0.05, 0) is 36.2 Å². The number of rotatable bonds is 5. The van der Waals surface area contributed by atoms with Crippen LogP contribution in [0.2, 0.25) is 0 Å². The number of amides is 1. The summed E-state index contributed by atoms with van der Waals surface area (Å²) in [6.45, 7) is 2.10. The molecule has 0 unspecified atom stereocenters. The average Bonchev–Trinajstić information content (AvgIpc) is 3.04. The van der Waals surface area contributed by atoms with Crippen molar-refractivity contribution in [3.05, 3.63) is 42.0 Å². The van der Waals surface area contributed by atoms with Crippen molar-refractivity contribution in [3.63, 3.8) is 0 Å². The van der Waals surface area contributed by atoms with Gasteiger partial charge in [0, 0.05) is 25.2 Å². The standard InChI is InChI=1S/C18H20N2O5S/c1-12(21)20-9-8-13-4-5-14(10-16(13)20)19-26(22,23)18-7-6-15(24-2)11-17(18)25-3/h4-7,10-11,19H,8-9H2,1-3H3. The number of carbonyl (C=O) groups is 1. The Labute approximate surface area is 152 Å². The fourth-order valence-corrected chi connectivity index (χ4v) is 4.18. The molecule has 0 atom stereocenters. The van der Waals surface area contributed by atoms with Gasteiger partial charge in [-0.25, -0.2) is 8.42 Å². The van der Waals surface area contributed by atoms with E-state index in [-0.39, 0.29) is 16.6 Å². The van der Waals surface area contributed by atoms with Gasteiger partial charge in [-0.15, -0.1) is 0 Å². The zero-order valence-corrected chi connectivity index (χ0v) is 15.6. The molecule has 1 heterocycles. The Bertz CT molecular complexity index is 956. The first-order valence-corrected chi connectivity index (χ1v) is 9.50. The zero-order valence-electron chi connectivity index (χ0n) is 14.8. The van der Waals surface area contributed by atoms with E-state index in [0.29, 0.717) is 18.0 Å². The molecule has 0 bridgehead atoms. The topological polar surface area (TPSA) is 84.9 Å². The van der Waals surface area contributed by atoms with Crippen LogP contribution in [0.1, 0.15) is 12.5 Å². The van der Waals surface area contributed by atoms with Crippen LogP contribution in [-0.4, -0.2) is 35.1 Å². The summed E-state index contributed by atoms with van der Waals surface area (Å²) in [4.78, 5) is 13.4. The van der Waals surface area contributed by atoms with E-state index in [1.54, 1.807) is 23.1 Å². The van der Waals surface area contributed by atoms with E-state index in [9.17, 15) is 13.2 Å². The number of hydrogen-bond acceptors (Lipinski definition) is 5. The highest BCUT2D eigenvalue weighted by Crippen LogP contribution is 2.33. The number of nitrogens with one attached hydrogen (secondary N) is 1. The molecule has 0 aromatic heterocycles. The Balaban J connectivity index is 1.94. The summed E-state index contributed by atoms with van der Waals surface area (Å²) in [6, 6.07) is 9.69. The van der Waals surface area contributed by atoms with Crippen molar-refractivity contribution in [3.8, 4) is 11.5 Å². The van der Waals surface area contributed by atoms with E-state index in [4.69, 9.17) is 9.47 Å². The number of sulfonamides is 1. The predicted octanol–water partition coefficient (Wildman–Crippen LogP) is 2.41. The molecule has 1 aliphatic rings. The first-order chi connectivity index (χ1) is 12.4. The van der Waals surface area contributed by atoms with E-state index < -0.39 is 10.0 Å². The first-order valence-electron chi connectivity index (χ1n) is 8.01. The lowest BCUT2D eigenvalue weighted by molar-refractivity contribution is -0.116. The molecule has 2 aromatic carbocycles. The Hall–Kier alpha value is -2.74. The smallest absolute Gasteiger partial charge is 0.265 e. The van der Waals surface area contributed by atoms with Crippen LogP contribution in [0, 0.1) is 0 Å². The van der Waals surface area contributed by atoms with Gasteiger partial charge in [-0.2, -0.15) is 0 Å². The van der Waals surface area contributed by atoms with Crippen molar-refractivity contribution >= 4 is 27.3 Å². The van der Waals surface area contributed by atoms with Gasteiger partial charge in [-0.3, -0.25) is 9.52 Å². The van der Waals surface area contributed by atoms with Crippen molar-refractivity contribution in [1.29, 1.82) is 0 Å². The third kappa shape index (κ3) is 3.32. The number of anilines is 2. The van der Waals surface area contributed by atoms with Crippen LogP contribution in [0.25, 0.3) is 0 Å². The van der Waals surface area contributed by atoms with Gasteiger partial charge in [0.2, 0.25) is 5.91 Å². The lowest BCUT2D eigenvalue weighted by atomic mass is 10.1. The second-order valence-corrected chi connectivity index (χ2v) is 7.54. The summed E-state index contributed by atoms with van der Waals surface area (Å²) in [5.74, 6) is 0.611. The fourth-order valence-electron chi connectivity index (χ4n) is 2.98. The fraction of sp³-hybridized carbons (Fsp3) is 0.278. The maximum Gasteiger partial charge on any atom is 0.265 e. The summed E-state index contributed by atoms with van der Waals surface area (Å²) in [5.41, 5.74) is 2.14. The zero-order chi connectivity index (χ0) is 18.9. The molecule has 8 heteroatoms. The monoisotopic (exact) mass is 376 g/mol. The Kier molecular flexibility index (Phi) is 4.78. The van der Waals surface area contributed by atoms with Crippen LogP contribution in [0.5, 0.6) is 11.5 Å². The minimum Gasteiger partial charge on any atom is -0.497 e. The molecule has 0 saturated heterocycles. The molecule has 26 heavy (non-hydrogen) atoms. The number of benzene rings is 2. The summed E-state index contributed by atoms with van der Waals surface area (Å²) < 4.78 is 38.4. The van der Waals surface area contributed by atoms with Crippen LogP contribution in [-0.2, 0) is 21.2 Å². The Morgan fingerprint density at radius 1 is 1.12 bits per heavy atom. The number of hydrogen-bond donors (Lipinski definition) is 1. The summed E-state index contributed by atoms with van der Waals surface area (Å²) in [7, 11) is -0.981. The van der Waals surface area contributed by atoms with Gasteiger partial charge in [0.1, 0.15) is 16.4 Å². The third-order valence-electron chi connectivity index (χ3n) is 4.27. The summed E-state index contributed by atoms with van der Waals surface area (Å²) >= 11 is 0. The summed E-state index contributed by atoms with van der Waals surface area (Å²) in [6.07, 6.45) is 0.758. The van der Waals surface area contributed by atoms with Gasteiger partial charge < -0.3 is 14.4 Å². The molecule has 0 radical (unpaired) electrons. The van der Waals surface area contributed by atoms with Crippen molar-refractivity contribution in [2.75, 3.05) is 30.4 Å². The van der Waals surface area contributed by atoms with Crippen LogP contribution < -0.4 is 19.1 Å². The number of fused-ring (bicyclic) bond motifs is 1. The normalized spacial score (nSPS) is 13.3. The highest BCUT2D eigenvalue weighted by molar-refractivity contribution is 7.92. The highest BCUT2D eigenvalue weighted by Gasteiger charge is 2.24. The number of carbonyl (C=O) groups excluding carboxylic acids is 1. The van der Waals surface area contributed by atoms with E-state index in [1.807, 2.05) is 6.07 Å². The van der Waals surface area contributed by atoms with Crippen LogP contribution in [0.15, 0.2) is 41.3 Å². The molecule has 0 fully saturated rings. The van der Waals surface area contributed by atoms with Crippen LogP contribution >= 0.6 is 0 Å². The van der Waals surface area contributed by atoms with Gasteiger partial charge in [0.25, 0.3) is 10.0 Å². The summed E-state index contributed by atoms with van der Waals surface area (Å²) in [5, 5.41) is 0. The molecule has 1 amide bonds. The number of methoxy groups -OCH3 is 2. The minimum absolute atomic E-state index is 0.00437. The molecule has 0 aliphatic carbocycles. The molecule has 138 valence electrons. The van der Waals surface area contributed by atoms with E-state index >= 15 is 0 Å². The first kappa shape index (κ1) is 18.1. The molecule has 1 N–H and O–H groups in total. The lowest BCUT2D eigenvalue weighted by Gasteiger charge is -2.17.